The van der Waals surface area contributed by atoms with E-state index in [2.05, 4.69) is 10.3 Å². The quantitative estimate of drug-likeness (QED) is 0.211. The van der Waals surface area contributed by atoms with Crippen molar-refractivity contribution in [2.75, 3.05) is 0 Å². The fourth-order valence-corrected chi connectivity index (χ4v) is 4.65. The summed E-state index contributed by atoms with van der Waals surface area (Å²) < 4.78 is 67.8. The summed E-state index contributed by atoms with van der Waals surface area (Å²) in [7, 11) is 0. The first-order valence-electron chi connectivity index (χ1n) is 12.7. The molecule has 226 valence electrons. The standard InChI is InChI=1S/C30H20ClF5N4O4/c1-14(30(34,35)36)39-27(41)17-10-22(32)25(23(33)11-17)28(42)40-24(29(43)44)12-16-5-7-20(26-18(16)3-2-8-38-26)19-6-4-15(13-37)9-21(19)31/h2-11,14,24H,12H2,1H3,(H,39,41)(H,40,42)(H,43,44)/t14-,24+/m1/s1. The highest BCUT2D eigenvalue weighted by molar-refractivity contribution is 6.33. The number of halogens is 6. The molecule has 8 nitrogen and oxygen atoms in total. The lowest BCUT2D eigenvalue weighted by Crippen LogP contribution is -2.43. The van der Waals surface area contributed by atoms with Gasteiger partial charge < -0.3 is 15.7 Å². The molecule has 4 rings (SSSR count). The maximum Gasteiger partial charge on any atom is 0.408 e. The largest absolute Gasteiger partial charge is 0.480 e. The number of aliphatic carboxylic acids is 1. The Balaban J connectivity index is 1.61. The number of pyridine rings is 1. The maximum absolute atomic E-state index is 14.8. The summed E-state index contributed by atoms with van der Waals surface area (Å²) in [5, 5.41) is 23.3. The van der Waals surface area contributed by atoms with Crippen LogP contribution in [0, 0.1) is 23.0 Å². The Kier molecular flexibility index (Phi) is 9.15. The molecule has 0 radical (unpaired) electrons. The molecule has 0 aliphatic heterocycles. The van der Waals surface area contributed by atoms with Crippen LogP contribution in [0.5, 0.6) is 0 Å². The number of benzene rings is 3. The third-order valence-corrected chi connectivity index (χ3v) is 6.96. The summed E-state index contributed by atoms with van der Waals surface area (Å²) in [6.07, 6.45) is -3.65. The van der Waals surface area contributed by atoms with Crippen molar-refractivity contribution in [3.63, 3.8) is 0 Å². The van der Waals surface area contributed by atoms with E-state index in [9.17, 15) is 41.4 Å². The molecule has 0 unspecified atom stereocenters. The molecule has 0 bridgehead atoms. The van der Waals surface area contributed by atoms with Gasteiger partial charge in [-0.3, -0.25) is 14.6 Å². The molecule has 0 aliphatic carbocycles. The number of nitriles is 1. The van der Waals surface area contributed by atoms with Crippen LogP contribution in [0.2, 0.25) is 5.02 Å². The second-order valence-electron chi connectivity index (χ2n) is 9.60. The number of nitrogens with zero attached hydrogens (tertiary/aromatic N) is 2. The zero-order valence-corrected chi connectivity index (χ0v) is 23.2. The van der Waals surface area contributed by atoms with Crippen molar-refractivity contribution in [1.82, 2.24) is 15.6 Å². The molecule has 0 aliphatic rings. The van der Waals surface area contributed by atoms with Gasteiger partial charge in [-0.25, -0.2) is 13.6 Å². The maximum atomic E-state index is 14.8. The van der Waals surface area contributed by atoms with Gasteiger partial charge in [0.2, 0.25) is 0 Å². The molecule has 3 aromatic carbocycles. The third-order valence-electron chi connectivity index (χ3n) is 6.65. The number of hydrogen-bond donors (Lipinski definition) is 3. The van der Waals surface area contributed by atoms with Crippen LogP contribution in [-0.4, -0.2) is 46.1 Å². The van der Waals surface area contributed by atoms with Gasteiger partial charge >= 0.3 is 12.1 Å². The van der Waals surface area contributed by atoms with E-state index in [0.717, 1.165) is 0 Å². The Morgan fingerprint density at radius 3 is 2.25 bits per heavy atom. The van der Waals surface area contributed by atoms with Crippen LogP contribution >= 0.6 is 11.6 Å². The number of carbonyl (C=O) groups excluding carboxylic acids is 2. The average Bonchev–Trinajstić information content (AvgIpc) is 2.96. The summed E-state index contributed by atoms with van der Waals surface area (Å²) in [5.74, 6) is -7.61. The molecular formula is C30H20ClF5N4O4. The fraction of sp³-hybridized carbons (Fsp3) is 0.167. The van der Waals surface area contributed by atoms with Crippen LogP contribution in [0.1, 0.15) is 38.8 Å². The molecule has 0 saturated heterocycles. The van der Waals surface area contributed by atoms with Crippen LogP contribution in [0.15, 0.2) is 60.8 Å². The smallest absolute Gasteiger partial charge is 0.408 e. The highest BCUT2D eigenvalue weighted by atomic mass is 35.5. The molecule has 0 fully saturated rings. The lowest BCUT2D eigenvalue weighted by Gasteiger charge is -2.18. The van der Waals surface area contributed by atoms with Gasteiger partial charge in [-0.1, -0.05) is 35.9 Å². The van der Waals surface area contributed by atoms with Crippen LogP contribution in [0.4, 0.5) is 22.0 Å². The van der Waals surface area contributed by atoms with E-state index >= 15 is 0 Å². The highest BCUT2D eigenvalue weighted by Gasteiger charge is 2.37. The fourth-order valence-electron chi connectivity index (χ4n) is 4.36. The van der Waals surface area contributed by atoms with E-state index in [1.165, 1.54) is 12.3 Å². The van der Waals surface area contributed by atoms with E-state index in [1.807, 2.05) is 6.07 Å². The second-order valence-corrected chi connectivity index (χ2v) is 10.0. The third kappa shape index (κ3) is 6.76. The van der Waals surface area contributed by atoms with Crippen molar-refractivity contribution in [1.29, 1.82) is 5.26 Å². The number of nitrogens with one attached hydrogen (secondary N) is 2. The number of rotatable bonds is 8. The zero-order chi connectivity index (χ0) is 32.3. The molecule has 3 N–H and O–H groups in total. The van der Waals surface area contributed by atoms with Gasteiger partial charge in [0.25, 0.3) is 11.8 Å². The highest BCUT2D eigenvalue weighted by Crippen LogP contribution is 2.35. The number of aromatic nitrogens is 1. The van der Waals surface area contributed by atoms with E-state index in [4.69, 9.17) is 16.9 Å². The number of fused-ring (bicyclic) bond motifs is 1. The Hall–Kier alpha value is -5.09. The van der Waals surface area contributed by atoms with Crippen LogP contribution in [0.3, 0.4) is 0 Å². The first-order valence-corrected chi connectivity index (χ1v) is 13.1. The van der Waals surface area contributed by atoms with Gasteiger partial charge in [-0.2, -0.15) is 18.4 Å². The van der Waals surface area contributed by atoms with Crippen molar-refractivity contribution in [2.24, 2.45) is 0 Å². The van der Waals surface area contributed by atoms with E-state index < -0.39 is 58.8 Å². The lowest BCUT2D eigenvalue weighted by molar-refractivity contribution is -0.149. The minimum absolute atomic E-state index is 0.279. The van der Waals surface area contributed by atoms with Crippen LogP contribution < -0.4 is 10.6 Å². The van der Waals surface area contributed by atoms with E-state index in [1.54, 1.807) is 41.7 Å². The van der Waals surface area contributed by atoms with Gasteiger partial charge in [0.1, 0.15) is 29.3 Å². The topological polar surface area (TPSA) is 132 Å². The Bertz CT molecular complexity index is 1820. The SMILES string of the molecule is C[C@@H](NC(=O)c1cc(F)c(C(=O)N[C@@H](Cc2ccc(-c3ccc(C#N)cc3Cl)c3ncccc23)C(=O)O)c(F)c1)C(F)(F)F. The predicted octanol–water partition coefficient (Wildman–Crippen LogP) is 5.81. The number of carboxylic acid groups (broad SMARTS) is 1. The molecule has 1 aromatic heterocycles. The van der Waals surface area contributed by atoms with Crippen LogP contribution in [-0.2, 0) is 11.2 Å². The molecule has 0 saturated carbocycles. The molecule has 44 heavy (non-hydrogen) atoms. The molecule has 4 aromatic rings. The summed E-state index contributed by atoms with van der Waals surface area (Å²) in [6.45, 7) is 0.632. The summed E-state index contributed by atoms with van der Waals surface area (Å²) in [6, 6.07) is 9.87. The van der Waals surface area contributed by atoms with Gasteiger partial charge in [-0.15, -0.1) is 0 Å². The molecule has 1 heterocycles. The van der Waals surface area contributed by atoms with Crippen LogP contribution in [0.25, 0.3) is 22.0 Å². The van der Waals surface area contributed by atoms with Gasteiger partial charge in [0.05, 0.1) is 17.1 Å². The average molecular weight is 631 g/mol. The van der Waals surface area contributed by atoms with Gasteiger partial charge in [0.15, 0.2) is 0 Å². The van der Waals surface area contributed by atoms with Gasteiger partial charge in [-0.05, 0) is 42.8 Å². The lowest BCUT2D eigenvalue weighted by atomic mass is 9.94. The second kappa shape index (κ2) is 12.6. The molecule has 2 atom stereocenters. The molecular weight excluding hydrogens is 611 g/mol. The number of carbonyl (C=O) groups is 3. The van der Waals surface area contributed by atoms with Crippen molar-refractivity contribution < 1.29 is 41.4 Å². The normalized spacial score (nSPS) is 12.7. The van der Waals surface area contributed by atoms with Crippen molar-refractivity contribution >= 4 is 40.3 Å². The minimum atomic E-state index is -4.81. The zero-order valence-electron chi connectivity index (χ0n) is 22.5. The predicted molar refractivity (Wildman–Crippen MR) is 149 cm³/mol. The van der Waals surface area contributed by atoms with Crippen molar-refractivity contribution in [3.8, 4) is 17.2 Å². The monoisotopic (exact) mass is 630 g/mol. The van der Waals surface area contributed by atoms with Crippen molar-refractivity contribution in [2.45, 2.75) is 31.6 Å². The Morgan fingerprint density at radius 2 is 1.66 bits per heavy atom. The number of carboxylic acids is 1. The molecule has 0 spiro atoms. The van der Waals surface area contributed by atoms with E-state index in [0.29, 0.717) is 52.2 Å². The minimum Gasteiger partial charge on any atom is -0.480 e. The van der Waals surface area contributed by atoms with E-state index in [-0.39, 0.29) is 11.4 Å². The first kappa shape index (κ1) is 31.8. The summed E-state index contributed by atoms with van der Waals surface area (Å²) in [5.41, 5.74) is 0.263. The summed E-state index contributed by atoms with van der Waals surface area (Å²) >= 11 is 6.38. The summed E-state index contributed by atoms with van der Waals surface area (Å²) in [4.78, 5) is 41.4. The number of alkyl halides is 3. The number of amides is 2. The Morgan fingerprint density at radius 1 is 1.00 bits per heavy atom. The number of hydrogen-bond acceptors (Lipinski definition) is 5. The first-order chi connectivity index (χ1) is 20.7. The molecule has 2 amide bonds. The van der Waals surface area contributed by atoms with Gasteiger partial charge in [0, 0.05) is 39.7 Å². The Labute approximate surface area is 251 Å². The van der Waals surface area contributed by atoms with Crippen molar-refractivity contribution in [3.05, 3.63) is 99.7 Å². The molecule has 14 heteroatoms.